The number of sulfonamides is 1. The highest BCUT2D eigenvalue weighted by Gasteiger charge is 2.43. The lowest BCUT2D eigenvalue weighted by atomic mass is 9.78. The summed E-state index contributed by atoms with van der Waals surface area (Å²) in [5.41, 5.74) is -0.671. The molecule has 34 heavy (non-hydrogen) atoms. The molecular formula is C24H28Cl2N2O5S. The second kappa shape index (κ2) is 10.8. The molecule has 0 aromatic heterocycles. The minimum Gasteiger partial charge on any atom is -0.493 e. The van der Waals surface area contributed by atoms with Crippen molar-refractivity contribution < 1.29 is 22.7 Å². The molecule has 1 atom stereocenters. The lowest BCUT2D eigenvalue weighted by molar-refractivity contribution is -0.139. The number of carbonyl (C=O) groups excluding carboxylic acids is 1. The van der Waals surface area contributed by atoms with Gasteiger partial charge in [0, 0.05) is 43.0 Å². The zero-order valence-electron chi connectivity index (χ0n) is 18.8. The van der Waals surface area contributed by atoms with Crippen molar-refractivity contribution in [2.24, 2.45) is 5.41 Å². The summed E-state index contributed by atoms with van der Waals surface area (Å²) in [4.78, 5) is 15.0. The Morgan fingerprint density at radius 1 is 1.06 bits per heavy atom. The molecule has 1 unspecified atom stereocenters. The third-order valence-electron chi connectivity index (χ3n) is 6.32. The van der Waals surface area contributed by atoms with Gasteiger partial charge in [0.2, 0.25) is 15.9 Å². The molecular weight excluding hydrogens is 499 g/mol. The number of morpholine rings is 1. The van der Waals surface area contributed by atoms with Crippen LogP contribution in [0.1, 0.15) is 19.3 Å². The average Bonchev–Trinajstić information content (AvgIpc) is 2.84. The largest absolute Gasteiger partial charge is 0.493 e. The number of amides is 1. The molecule has 0 N–H and O–H groups in total. The second-order valence-electron chi connectivity index (χ2n) is 8.79. The quantitative estimate of drug-likeness (QED) is 0.542. The van der Waals surface area contributed by atoms with Crippen molar-refractivity contribution in [3.63, 3.8) is 0 Å². The van der Waals surface area contributed by atoms with Crippen LogP contribution in [0.4, 0.5) is 0 Å². The van der Waals surface area contributed by atoms with Crippen molar-refractivity contribution in [3.05, 3.63) is 58.6 Å². The first-order valence-corrected chi connectivity index (χ1v) is 13.5. The topological polar surface area (TPSA) is 76.2 Å². The zero-order valence-corrected chi connectivity index (χ0v) is 21.1. The Kier molecular flexibility index (Phi) is 8.05. The minimum absolute atomic E-state index is 0.0104. The van der Waals surface area contributed by atoms with Crippen LogP contribution in [-0.2, 0) is 19.6 Å². The van der Waals surface area contributed by atoms with Crippen LogP contribution in [0.25, 0.3) is 0 Å². The molecule has 184 valence electrons. The lowest BCUT2D eigenvalue weighted by Gasteiger charge is -2.42. The van der Waals surface area contributed by atoms with Crippen molar-refractivity contribution in [2.45, 2.75) is 24.2 Å². The standard InChI is InChI=1S/C24H28Cl2N2O5S/c25-19-7-8-22(21(26)15-19)34(30,31)28-10-4-9-24(17-28,18-33-20-5-2-1-3-6-20)16-23(29)27-11-13-32-14-12-27/h1-3,5-8,15H,4,9-14,16-18H2. The fourth-order valence-electron chi connectivity index (χ4n) is 4.50. The number of ether oxygens (including phenoxy) is 2. The van der Waals surface area contributed by atoms with E-state index in [0.717, 1.165) is 0 Å². The predicted molar refractivity (Wildman–Crippen MR) is 131 cm³/mol. The predicted octanol–water partition coefficient (Wildman–Crippen LogP) is 4.09. The average molecular weight is 527 g/mol. The first-order chi connectivity index (χ1) is 16.3. The maximum Gasteiger partial charge on any atom is 0.244 e. The van der Waals surface area contributed by atoms with E-state index in [1.54, 1.807) is 4.90 Å². The molecule has 1 amide bonds. The molecule has 2 aromatic rings. The summed E-state index contributed by atoms with van der Waals surface area (Å²) in [6.07, 6.45) is 1.48. The number of hydrogen-bond donors (Lipinski definition) is 0. The summed E-state index contributed by atoms with van der Waals surface area (Å²) in [6.45, 7) is 2.84. The SMILES string of the molecule is O=C(CC1(COc2ccccc2)CCCN(S(=O)(=O)c2ccc(Cl)cc2Cl)C1)N1CCOCC1. The van der Waals surface area contributed by atoms with Crippen molar-refractivity contribution in [3.8, 4) is 5.75 Å². The first kappa shape index (κ1) is 25.3. The van der Waals surface area contributed by atoms with Gasteiger partial charge in [-0.3, -0.25) is 4.79 Å². The summed E-state index contributed by atoms with van der Waals surface area (Å²) in [5.74, 6) is 0.671. The maximum atomic E-state index is 13.5. The van der Waals surface area contributed by atoms with Crippen molar-refractivity contribution >= 4 is 39.1 Å². The third kappa shape index (κ3) is 5.86. The van der Waals surface area contributed by atoms with Crippen LogP contribution in [0, 0.1) is 5.41 Å². The van der Waals surface area contributed by atoms with Crippen LogP contribution in [0.3, 0.4) is 0 Å². The van der Waals surface area contributed by atoms with E-state index in [2.05, 4.69) is 0 Å². The van der Waals surface area contributed by atoms with Gasteiger partial charge in [-0.15, -0.1) is 0 Å². The molecule has 2 aromatic carbocycles. The summed E-state index contributed by atoms with van der Waals surface area (Å²) in [7, 11) is -3.88. The molecule has 2 aliphatic rings. The normalized spacial score (nSPS) is 21.9. The van der Waals surface area contributed by atoms with Gasteiger partial charge >= 0.3 is 0 Å². The number of nitrogens with zero attached hydrogens (tertiary/aromatic N) is 2. The van der Waals surface area contributed by atoms with Gasteiger partial charge < -0.3 is 14.4 Å². The Morgan fingerprint density at radius 3 is 2.50 bits per heavy atom. The summed E-state index contributed by atoms with van der Waals surface area (Å²) in [5, 5.41) is 0.443. The number of para-hydroxylation sites is 1. The number of rotatable bonds is 7. The number of benzene rings is 2. The molecule has 0 spiro atoms. The van der Waals surface area contributed by atoms with E-state index in [0.29, 0.717) is 56.5 Å². The van der Waals surface area contributed by atoms with E-state index in [4.69, 9.17) is 32.7 Å². The smallest absolute Gasteiger partial charge is 0.244 e. The summed E-state index contributed by atoms with van der Waals surface area (Å²) in [6, 6.07) is 13.7. The molecule has 2 aliphatic heterocycles. The Morgan fingerprint density at radius 2 is 1.79 bits per heavy atom. The number of carbonyl (C=O) groups is 1. The van der Waals surface area contributed by atoms with Gasteiger partial charge in [-0.2, -0.15) is 4.31 Å². The van der Waals surface area contributed by atoms with Crippen molar-refractivity contribution in [2.75, 3.05) is 46.0 Å². The molecule has 0 radical (unpaired) electrons. The van der Waals surface area contributed by atoms with Gasteiger partial charge in [0.15, 0.2) is 0 Å². The van der Waals surface area contributed by atoms with Gasteiger partial charge in [-0.25, -0.2) is 8.42 Å². The van der Waals surface area contributed by atoms with Crippen LogP contribution in [-0.4, -0.2) is 69.5 Å². The molecule has 0 aliphatic carbocycles. The van der Waals surface area contributed by atoms with Crippen molar-refractivity contribution in [1.82, 2.24) is 9.21 Å². The lowest BCUT2D eigenvalue weighted by Crippen LogP contribution is -2.51. The third-order valence-corrected chi connectivity index (χ3v) is 8.88. The molecule has 0 bridgehead atoms. The molecule has 7 nitrogen and oxygen atoms in total. The van der Waals surface area contributed by atoms with Crippen molar-refractivity contribution in [1.29, 1.82) is 0 Å². The second-order valence-corrected chi connectivity index (χ2v) is 11.5. The van der Waals surface area contributed by atoms with E-state index in [1.807, 2.05) is 30.3 Å². The molecule has 10 heteroatoms. The van der Waals surface area contributed by atoms with E-state index in [1.165, 1.54) is 22.5 Å². The van der Waals surface area contributed by atoms with Crippen LogP contribution in [0.15, 0.2) is 53.4 Å². The highest BCUT2D eigenvalue weighted by molar-refractivity contribution is 7.89. The monoisotopic (exact) mass is 526 g/mol. The highest BCUT2D eigenvalue weighted by atomic mass is 35.5. The Balaban J connectivity index is 1.59. The maximum absolute atomic E-state index is 13.5. The van der Waals surface area contributed by atoms with E-state index < -0.39 is 15.4 Å². The highest BCUT2D eigenvalue weighted by Crippen LogP contribution is 2.38. The summed E-state index contributed by atoms with van der Waals surface area (Å²) >= 11 is 12.2. The van der Waals surface area contributed by atoms with E-state index in [9.17, 15) is 13.2 Å². The zero-order chi connectivity index (χ0) is 24.2. The Bertz CT molecular complexity index is 1110. The fraction of sp³-hybridized carbons (Fsp3) is 0.458. The molecule has 2 saturated heterocycles. The van der Waals surface area contributed by atoms with Gasteiger partial charge in [0.05, 0.1) is 24.8 Å². The van der Waals surface area contributed by atoms with Crippen LogP contribution < -0.4 is 4.74 Å². The van der Waals surface area contributed by atoms with E-state index in [-0.39, 0.29) is 35.4 Å². The number of hydrogen-bond acceptors (Lipinski definition) is 5. The van der Waals surface area contributed by atoms with Gasteiger partial charge in [0.1, 0.15) is 10.6 Å². The van der Waals surface area contributed by atoms with Gasteiger partial charge in [-0.1, -0.05) is 41.4 Å². The molecule has 2 heterocycles. The van der Waals surface area contributed by atoms with Crippen LogP contribution in [0.2, 0.25) is 10.0 Å². The number of piperidine rings is 1. The van der Waals surface area contributed by atoms with E-state index >= 15 is 0 Å². The Hall–Kier alpha value is -1.84. The summed E-state index contributed by atoms with van der Waals surface area (Å²) < 4.78 is 39.9. The van der Waals surface area contributed by atoms with Gasteiger partial charge in [0.25, 0.3) is 0 Å². The molecule has 2 fully saturated rings. The fourth-order valence-corrected chi connectivity index (χ4v) is 6.84. The first-order valence-electron chi connectivity index (χ1n) is 11.3. The number of halogens is 2. The van der Waals surface area contributed by atoms with Crippen LogP contribution >= 0.6 is 23.2 Å². The minimum atomic E-state index is -3.88. The molecule has 0 saturated carbocycles. The Labute approximate surface area is 210 Å². The van der Waals surface area contributed by atoms with Gasteiger partial charge in [-0.05, 0) is 43.2 Å². The molecule has 4 rings (SSSR count). The van der Waals surface area contributed by atoms with Crippen LogP contribution in [0.5, 0.6) is 5.75 Å².